The Morgan fingerprint density at radius 3 is 2.72 bits per heavy atom. The van der Waals surface area contributed by atoms with Crippen molar-refractivity contribution in [1.82, 2.24) is 9.47 Å². The first-order valence-electron chi connectivity index (χ1n) is 8.19. The summed E-state index contributed by atoms with van der Waals surface area (Å²) >= 11 is 0. The van der Waals surface area contributed by atoms with Crippen molar-refractivity contribution in [3.05, 3.63) is 48.3 Å². The van der Waals surface area contributed by atoms with Gasteiger partial charge in [-0.2, -0.15) is 0 Å². The predicted molar refractivity (Wildman–Crippen MR) is 92.9 cm³/mol. The Morgan fingerprint density at radius 1 is 1.28 bits per heavy atom. The number of carbonyl (C=O) groups is 3. The van der Waals surface area contributed by atoms with E-state index in [0.717, 1.165) is 22.9 Å². The van der Waals surface area contributed by atoms with E-state index in [4.69, 9.17) is 4.74 Å². The Labute approximate surface area is 145 Å². The number of carbonyl (C=O) groups excluding carboxylic acids is 3. The molecule has 1 atom stereocenters. The third-order valence-electron chi connectivity index (χ3n) is 4.44. The second-order valence-corrected chi connectivity index (χ2v) is 6.07. The van der Waals surface area contributed by atoms with Crippen molar-refractivity contribution >= 4 is 28.7 Å². The van der Waals surface area contributed by atoms with Crippen molar-refractivity contribution in [1.29, 1.82) is 0 Å². The molecule has 6 heteroatoms. The van der Waals surface area contributed by atoms with Gasteiger partial charge in [0.2, 0.25) is 11.8 Å². The minimum absolute atomic E-state index is 0.00502. The van der Waals surface area contributed by atoms with Crippen LogP contribution in [0.3, 0.4) is 0 Å². The monoisotopic (exact) mass is 340 g/mol. The van der Waals surface area contributed by atoms with Gasteiger partial charge in [0.05, 0.1) is 12.6 Å². The number of aryl methyl sites for hydroxylation is 1. The fourth-order valence-corrected chi connectivity index (χ4v) is 3.09. The van der Waals surface area contributed by atoms with E-state index < -0.39 is 17.8 Å². The third kappa shape index (κ3) is 3.20. The molecule has 3 rings (SSSR count). The van der Waals surface area contributed by atoms with Gasteiger partial charge in [0.15, 0.2) is 5.92 Å². The number of hydrogen-bond acceptors (Lipinski definition) is 4. The highest BCUT2D eigenvalue weighted by Gasteiger charge is 2.28. The number of amides is 1. The highest BCUT2D eigenvalue weighted by Crippen LogP contribution is 2.22. The lowest BCUT2D eigenvalue weighted by atomic mass is 10.1. The van der Waals surface area contributed by atoms with Crippen molar-refractivity contribution in [3.63, 3.8) is 0 Å². The number of ether oxygens (including phenoxy) is 1. The SMILES string of the molecule is COC(=O)C(/C=C/N1CCCC1=O)C(=O)n1cc(C)c2ccccc21. The van der Waals surface area contributed by atoms with E-state index in [9.17, 15) is 14.4 Å². The molecule has 1 saturated heterocycles. The summed E-state index contributed by atoms with van der Waals surface area (Å²) in [4.78, 5) is 38.4. The van der Waals surface area contributed by atoms with Crippen LogP contribution in [0.15, 0.2) is 42.7 Å². The van der Waals surface area contributed by atoms with E-state index in [1.54, 1.807) is 6.20 Å². The zero-order chi connectivity index (χ0) is 18.0. The number of para-hydroxylation sites is 1. The van der Waals surface area contributed by atoms with Gasteiger partial charge in [0.1, 0.15) is 0 Å². The molecule has 0 saturated carbocycles. The molecule has 1 aliphatic heterocycles. The van der Waals surface area contributed by atoms with Crippen molar-refractivity contribution in [2.45, 2.75) is 19.8 Å². The maximum absolute atomic E-state index is 13.0. The molecule has 0 aliphatic carbocycles. The lowest BCUT2D eigenvalue weighted by Gasteiger charge is -2.14. The Balaban J connectivity index is 1.95. The first-order chi connectivity index (χ1) is 12.0. The summed E-state index contributed by atoms with van der Waals surface area (Å²) in [6.45, 7) is 2.51. The molecule has 2 aromatic rings. The van der Waals surface area contributed by atoms with E-state index in [1.165, 1.54) is 28.9 Å². The largest absolute Gasteiger partial charge is 0.468 e. The summed E-state index contributed by atoms with van der Waals surface area (Å²) in [5, 5.41) is 0.957. The number of hydrogen-bond donors (Lipinski definition) is 0. The van der Waals surface area contributed by atoms with Gasteiger partial charge in [-0.05, 0) is 31.1 Å². The van der Waals surface area contributed by atoms with Crippen molar-refractivity contribution in [3.8, 4) is 0 Å². The molecule has 1 aromatic heterocycles. The zero-order valence-electron chi connectivity index (χ0n) is 14.3. The summed E-state index contributed by atoms with van der Waals surface area (Å²) in [5.74, 6) is -2.16. The van der Waals surface area contributed by atoms with Gasteiger partial charge < -0.3 is 9.64 Å². The maximum Gasteiger partial charge on any atom is 0.322 e. The molecule has 6 nitrogen and oxygen atoms in total. The van der Waals surface area contributed by atoms with Crippen LogP contribution in [-0.4, -0.2) is 40.9 Å². The quantitative estimate of drug-likeness (QED) is 0.633. The molecule has 2 heterocycles. The summed E-state index contributed by atoms with van der Waals surface area (Å²) in [6.07, 6.45) is 5.96. The van der Waals surface area contributed by atoms with Gasteiger partial charge in [-0.3, -0.25) is 19.0 Å². The lowest BCUT2D eigenvalue weighted by molar-refractivity contribution is -0.142. The normalized spacial score (nSPS) is 15.9. The Kier molecular flexibility index (Phi) is 4.70. The highest BCUT2D eigenvalue weighted by molar-refractivity contribution is 6.05. The molecule has 0 N–H and O–H groups in total. The summed E-state index contributed by atoms with van der Waals surface area (Å²) < 4.78 is 6.26. The number of esters is 1. The third-order valence-corrected chi connectivity index (χ3v) is 4.44. The van der Waals surface area contributed by atoms with Crippen LogP contribution >= 0.6 is 0 Å². The van der Waals surface area contributed by atoms with Crippen molar-refractivity contribution in [2.75, 3.05) is 13.7 Å². The van der Waals surface area contributed by atoms with Gasteiger partial charge in [0, 0.05) is 30.7 Å². The summed E-state index contributed by atoms with van der Waals surface area (Å²) in [5.41, 5.74) is 1.69. The van der Waals surface area contributed by atoms with E-state index in [2.05, 4.69) is 0 Å². The first kappa shape index (κ1) is 17.0. The molecular formula is C19H20N2O4. The van der Waals surface area contributed by atoms with E-state index in [-0.39, 0.29) is 5.91 Å². The second kappa shape index (κ2) is 6.93. The summed E-state index contributed by atoms with van der Waals surface area (Å²) in [7, 11) is 1.25. The maximum atomic E-state index is 13.0. The number of aromatic nitrogens is 1. The number of likely N-dealkylation sites (tertiary alicyclic amines) is 1. The summed E-state index contributed by atoms with van der Waals surface area (Å²) in [6, 6.07) is 7.51. The van der Waals surface area contributed by atoms with Crippen LogP contribution < -0.4 is 0 Å². The predicted octanol–water partition coefficient (Wildman–Crippen LogP) is 2.52. The van der Waals surface area contributed by atoms with Gasteiger partial charge in [0.25, 0.3) is 0 Å². The Hall–Kier alpha value is -2.89. The number of fused-ring (bicyclic) bond motifs is 1. The molecular weight excluding hydrogens is 320 g/mol. The minimum atomic E-state index is -1.10. The van der Waals surface area contributed by atoms with Crippen LogP contribution in [0.25, 0.3) is 10.9 Å². The van der Waals surface area contributed by atoms with E-state index in [1.807, 2.05) is 31.2 Å². The van der Waals surface area contributed by atoms with Crippen LogP contribution in [0.2, 0.25) is 0 Å². The molecule has 1 aromatic carbocycles. The van der Waals surface area contributed by atoms with Crippen LogP contribution in [0.1, 0.15) is 23.2 Å². The smallest absolute Gasteiger partial charge is 0.322 e. The number of rotatable bonds is 4. The average Bonchev–Trinajstić information content (AvgIpc) is 3.18. The molecule has 130 valence electrons. The van der Waals surface area contributed by atoms with Crippen LogP contribution in [0.4, 0.5) is 0 Å². The number of methoxy groups -OCH3 is 1. The average molecular weight is 340 g/mol. The molecule has 0 bridgehead atoms. The highest BCUT2D eigenvalue weighted by atomic mass is 16.5. The number of benzene rings is 1. The fourth-order valence-electron chi connectivity index (χ4n) is 3.09. The molecule has 1 aliphatic rings. The molecule has 0 radical (unpaired) electrons. The molecule has 1 amide bonds. The van der Waals surface area contributed by atoms with Gasteiger partial charge in [-0.15, -0.1) is 0 Å². The van der Waals surface area contributed by atoms with Crippen LogP contribution in [0, 0.1) is 12.8 Å². The lowest BCUT2D eigenvalue weighted by Crippen LogP contribution is -2.29. The van der Waals surface area contributed by atoms with E-state index in [0.29, 0.717) is 13.0 Å². The van der Waals surface area contributed by atoms with Crippen molar-refractivity contribution < 1.29 is 19.1 Å². The molecule has 1 fully saturated rings. The molecule has 0 spiro atoms. The Bertz CT molecular complexity index is 865. The van der Waals surface area contributed by atoms with Crippen LogP contribution in [0.5, 0.6) is 0 Å². The molecule has 1 unspecified atom stereocenters. The fraction of sp³-hybridized carbons (Fsp3) is 0.316. The minimum Gasteiger partial charge on any atom is -0.468 e. The van der Waals surface area contributed by atoms with Crippen molar-refractivity contribution in [2.24, 2.45) is 5.92 Å². The zero-order valence-corrected chi connectivity index (χ0v) is 14.3. The van der Waals surface area contributed by atoms with Gasteiger partial charge >= 0.3 is 5.97 Å². The number of nitrogens with zero attached hydrogens (tertiary/aromatic N) is 2. The van der Waals surface area contributed by atoms with Gasteiger partial charge in [-0.1, -0.05) is 18.2 Å². The molecule has 25 heavy (non-hydrogen) atoms. The van der Waals surface area contributed by atoms with E-state index >= 15 is 0 Å². The topological polar surface area (TPSA) is 68.6 Å². The standard InChI is InChI=1S/C19H20N2O4/c1-13-12-21(16-7-4-3-6-14(13)16)18(23)15(19(24)25-2)9-11-20-10-5-8-17(20)22/h3-4,6-7,9,11-12,15H,5,8,10H2,1-2H3/b11-9+. The van der Waals surface area contributed by atoms with Gasteiger partial charge in [-0.25, -0.2) is 0 Å². The first-order valence-corrected chi connectivity index (χ1v) is 8.19. The second-order valence-electron chi connectivity index (χ2n) is 6.07. The Morgan fingerprint density at radius 2 is 2.04 bits per heavy atom. The van der Waals surface area contributed by atoms with Crippen LogP contribution in [-0.2, 0) is 14.3 Å².